The van der Waals surface area contributed by atoms with E-state index in [1.807, 2.05) is 54.6 Å². The molecule has 0 spiro atoms. The second kappa shape index (κ2) is 38.8. The van der Waals surface area contributed by atoms with Gasteiger partial charge in [-0.15, -0.1) is 0 Å². The van der Waals surface area contributed by atoms with Crippen LogP contribution < -0.4 is 45.0 Å². The van der Waals surface area contributed by atoms with Crippen LogP contribution in [0, 0.1) is 24.4 Å². The summed E-state index contributed by atoms with van der Waals surface area (Å²) in [4.78, 5) is 116. The van der Waals surface area contributed by atoms with Crippen molar-refractivity contribution < 1.29 is 26.3 Å². The summed E-state index contributed by atoms with van der Waals surface area (Å²) in [7, 11) is 2.93. The number of aryl methyl sites for hydroxylation is 1. The first-order valence-corrected chi connectivity index (χ1v) is 41.3. The Balaban J connectivity index is 0.000000137. The Morgan fingerprint density at radius 1 is 0.345 bits per heavy atom. The first-order chi connectivity index (χ1) is 57.3. The van der Waals surface area contributed by atoms with Crippen LogP contribution in [-0.2, 0) is 46.0 Å². The van der Waals surface area contributed by atoms with E-state index in [1.54, 1.807) is 19.2 Å². The van der Waals surface area contributed by atoms with E-state index in [0.717, 1.165) is 148 Å². The lowest BCUT2D eigenvalue weighted by atomic mass is 9.76. The minimum absolute atomic E-state index is 0.00244. The molecular weight excluding hydrogens is 1540 g/mol. The lowest BCUT2D eigenvalue weighted by Gasteiger charge is -2.30. The van der Waals surface area contributed by atoms with E-state index in [2.05, 4.69) is 128 Å². The average Bonchev–Trinajstić information content (AvgIpc) is 0.785. The molecule has 0 atom stereocenters. The zero-order valence-electron chi connectivity index (χ0n) is 66.7. The first-order valence-electron chi connectivity index (χ1n) is 40.9. The first kappa shape index (κ1) is 85.2. The van der Waals surface area contributed by atoms with Crippen molar-refractivity contribution in [2.45, 2.75) is 189 Å². The number of alkyl halides is 3. The molecule has 4 heterocycles. The predicted octanol–water partition coefficient (Wildman–Crippen LogP) is 18.8. The minimum Gasteiger partial charge on any atom is -0.311 e. The van der Waals surface area contributed by atoms with Gasteiger partial charge in [-0.3, -0.25) is 38.3 Å². The number of H-pyrrole nitrogens is 6. The van der Waals surface area contributed by atoms with Gasteiger partial charge in [-0.25, -0.2) is 32.3 Å². The third kappa shape index (κ3) is 21.3. The van der Waals surface area contributed by atoms with E-state index in [1.165, 1.54) is 69.8 Å². The van der Waals surface area contributed by atoms with Crippen molar-refractivity contribution in [3.8, 4) is 0 Å². The molecule has 6 N–H and O–H groups in total. The number of benzene rings is 8. The zero-order chi connectivity index (χ0) is 84.0. The molecule has 0 bridgehead atoms. The van der Waals surface area contributed by atoms with E-state index in [4.69, 9.17) is 11.6 Å². The van der Waals surface area contributed by atoms with Crippen molar-refractivity contribution in [3.63, 3.8) is 0 Å². The Bertz CT molecular complexity index is 6010. The molecule has 4 fully saturated rings. The summed E-state index contributed by atoms with van der Waals surface area (Å²) in [6, 6.07) is 63.2. The topological polar surface area (TPSA) is 241 Å². The normalized spacial score (nSPS) is 19.2. The summed E-state index contributed by atoms with van der Waals surface area (Å²) in [6.07, 6.45) is 11.3. The van der Waals surface area contributed by atoms with Gasteiger partial charge in [0, 0.05) is 84.8 Å². The number of halogens is 7. The molecule has 0 unspecified atom stereocenters. The van der Waals surface area contributed by atoms with Crippen molar-refractivity contribution in [1.29, 1.82) is 0 Å². The van der Waals surface area contributed by atoms with Gasteiger partial charge in [0.15, 0.2) is 11.6 Å². The fourth-order valence-corrected chi connectivity index (χ4v) is 18.3. The second-order valence-corrected chi connectivity index (χ2v) is 32.6. The number of aromatic amines is 6. The molecule has 0 saturated heterocycles. The number of rotatable bonds is 16. The Hall–Kier alpha value is -11.7. The van der Waals surface area contributed by atoms with Crippen LogP contribution >= 0.6 is 11.6 Å². The van der Waals surface area contributed by atoms with Crippen LogP contribution in [0.1, 0.15) is 251 Å². The zero-order valence-corrected chi connectivity index (χ0v) is 67.5. The number of hydrogen-bond donors (Lipinski definition) is 6. The summed E-state index contributed by atoms with van der Waals surface area (Å²) >= 11 is 5.89. The van der Waals surface area contributed by atoms with Crippen LogP contribution in [-0.4, -0.2) is 39.0 Å². The van der Waals surface area contributed by atoms with Gasteiger partial charge in [0.2, 0.25) is 0 Å². The van der Waals surface area contributed by atoms with Gasteiger partial charge in [0.05, 0.1) is 10.6 Å². The van der Waals surface area contributed by atoms with Crippen molar-refractivity contribution in [1.82, 2.24) is 39.0 Å². The molecule has 16 nitrogen and oxygen atoms in total. The smallest absolute Gasteiger partial charge is 0.311 e. The van der Waals surface area contributed by atoms with E-state index < -0.39 is 62.9 Å². The molecule has 0 amide bonds. The van der Waals surface area contributed by atoms with Gasteiger partial charge < -0.3 is 19.9 Å². The van der Waals surface area contributed by atoms with Crippen molar-refractivity contribution in [2.75, 3.05) is 0 Å². The number of nitrogens with zero attached hydrogens (tertiary/aromatic N) is 2. The quantitative estimate of drug-likeness (QED) is 0.0507. The fraction of sp³-hybridized carbons (Fsp3) is 0.333. The largest absolute Gasteiger partial charge is 0.416 e. The van der Waals surface area contributed by atoms with E-state index in [-0.39, 0.29) is 58.3 Å². The monoisotopic (exact) mass is 1640 g/mol. The van der Waals surface area contributed by atoms with E-state index >= 15 is 0 Å². The maximum Gasteiger partial charge on any atom is 0.416 e. The fourth-order valence-electron chi connectivity index (χ4n) is 18.1. The third-order valence-corrected chi connectivity index (χ3v) is 24.8. The van der Waals surface area contributed by atoms with Crippen LogP contribution in [0.2, 0.25) is 5.02 Å². The van der Waals surface area contributed by atoms with Gasteiger partial charge in [-0.05, 0) is 226 Å². The Kier molecular flexibility index (Phi) is 27.8. The summed E-state index contributed by atoms with van der Waals surface area (Å²) in [5, 5.41) is 0.0215. The molecule has 618 valence electrons. The summed E-state index contributed by atoms with van der Waals surface area (Å²) < 4.78 is 82.8. The highest BCUT2D eigenvalue weighted by Crippen LogP contribution is 2.45. The molecule has 16 rings (SSSR count). The van der Waals surface area contributed by atoms with Crippen LogP contribution in [0.15, 0.2) is 245 Å². The van der Waals surface area contributed by atoms with Crippen molar-refractivity contribution in [2.24, 2.45) is 14.1 Å². The molecule has 4 saturated carbocycles. The van der Waals surface area contributed by atoms with Crippen LogP contribution in [0.5, 0.6) is 0 Å². The van der Waals surface area contributed by atoms with E-state index in [9.17, 15) is 64.7 Å². The Morgan fingerprint density at radius 2 is 0.681 bits per heavy atom. The van der Waals surface area contributed by atoms with Crippen LogP contribution in [0.4, 0.5) is 26.3 Å². The Labute approximate surface area is 688 Å². The highest BCUT2D eigenvalue weighted by Gasteiger charge is 2.34. The minimum atomic E-state index is -4.45. The van der Waals surface area contributed by atoms with Crippen LogP contribution in [0.3, 0.4) is 0 Å². The number of nitrogens with one attached hydrogen (secondary N) is 6. The van der Waals surface area contributed by atoms with Gasteiger partial charge >= 0.3 is 28.9 Å². The SMILES string of the molecule is Cc1cccc(Cc2c(C3CCC(c4ccccc4)CC3)[nH]c(=O)n(C)c2=O)c1.Cn1c(=O)[nH]c(C2CCC(c3ccccc3)CC2)c(Cc2cccc(C(F)(F)F)c2)c1=O.O=c1[nH]c(C2CCC(c3ccccc3)CC2)c(Cc2ccc(F)c(Cl)c2)c(=O)[nH]1.O=c1[nH]c(C2CCC(c3ccccc3)CC2)c(Cc2cccc(F)c2F)c(=O)[nH]1. The maximum atomic E-state index is 14.2. The molecule has 4 aliphatic carbocycles. The van der Waals surface area contributed by atoms with Gasteiger partial charge in [0.1, 0.15) is 5.82 Å². The molecule has 0 aliphatic heterocycles. The highest BCUT2D eigenvalue weighted by atomic mass is 35.5. The summed E-state index contributed by atoms with van der Waals surface area (Å²) in [5.41, 5.74) is 9.24. The molecule has 4 aromatic heterocycles. The standard InChI is InChI=1S/C25H25F3N2O2.C25H28N2O2.C23H22ClFN2O2.C23H22F2N2O2/c1-30-23(31)21(15-16-6-5-9-20(14-16)25(26,27)28)22(29-24(30)32)19-12-10-18(11-13-19)17-7-3-2-4-8-17;1-17-7-6-8-18(15-17)16-22-23(26-25(29)27(2)24(22)28)21-13-11-20(12-14-21)19-9-4-3-5-10-19;24-19-13-14(6-11-20(19)25)12-18-21(26-23(29)27-22(18)28)17-9-7-16(8-10-17)15-4-2-1-3-5-15;24-19-8-4-7-17(20(19)25)13-18-21(26-23(29)27-22(18)28)16-11-9-15(10-12-16)14-5-2-1-3-6-14/h2-9,14,18-19H,10-13,15H2,1H3,(H,29,32);3-10,15,20-21H,11-14,16H2,1-2H3,(H,26,29);1-6,11,13,16-17H,7-10,12H2,(H2,26,27,28,29);1-8,15-16H,9-13H2,(H2,26,27,28,29). The third-order valence-electron chi connectivity index (χ3n) is 24.5. The number of aromatic nitrogens is 8. The lowest BCUT2D eigenvalue weighted by Crippen LogP contribution is -2.37. The average molecular weight is 1640 g/mol. The number of hydrogen-bond acceptors (Lipinski definition) is 8. The van der Waals surface area contributed by atoms with Gasteiger partial charge in [-0.2, -0.15) is 13.2 Å². The Morgan fingerprint density at radius 3 is 1.06 bits per heavy atom. The molecule has 0 radical (unpaired) electrons. The summed E-state index contributed by atoms with van der Waals surface area (Å²) in [6.45, 7) is 2.06. The molecule has 4 aliphatic rings. The summed E-state index contributed by atoms with van der Waals surface area (Å²) in [5.74, 6) is -0.106. The maximum absolute atomic E-state index is 14.2. The highest BCUT2D eigenvalue weighted by molar-refractivity contribution is 6.30. The molecule has 119 heavy (non-hydrogen) atoms. The van der Waals surface area contributed by atoms with Crippen molar-refractivity contribution >= 4 is 11.6 Å². The van der Waals surface area contributed by atoms with Gasteiger partial charge in [0.25, 0.3) is 22.2 Å². The molecule has 8 aromatic carbocycles. The molecular formula is C96H97ClF6N8O8. The predicted molar refractivity (Wildman–Crippen MR) is 453 cm³/mol. The lowest BCUT2D eigenvalue weighted by molar-refractivity contribution is -0.137. The van der Waals surface area contributed by atoms with Crippen molar-refractivity contribution in [3.05, 3.63) is 413 Å². The second-order valence-electron chi connectivity index (χ2n) is 32.2. The van der Waals surface area contributed by atoms with Crippen LogP contribution in [0.25, 0.3) is 0 Å². The molecule has 12 aromatic rings. The molecule has 23 heteroatoms. The van der Waals surface area contributed by atoms with E-state index in [0.29, 0.717) is 75.8 Å². The van der Waals surface area contributed by atoms with Gasteiger partial charge in [-0.1, -0.05) is 199 Å².